The summed E-state index contributed by atoms with van der Waals surface area (Å²) >= 11 is 0. The van der Waals surface area contributed by atoms with E-state index in [2.05, 4.69) is 5.32 Å². The molecule has 3 aromatic rings. The van der Waals surface area contributed by atoms with E-state index < -0.39 is 16.9 Å². The number of carbonyl (C=O) groups is 1. The van der Waals surface area contributed by atoms with Crippen LogP contribution in [0.1, 0.15) is 43.5 Å². The van der Waals surface area contributed by atoms with Crippen LogP contribution in [0.5, 0.6) is 0 Å². The number of anilines is 1. The van der Waals surface area contributed by atoms with Crippen molar-refractivity contribution in [2.45, 2.75) is 46.8 Å². The molecule has 1 N–H and O–H groups in total. The summed E-state index contributed by atoms with van der Waals surface area (Å²) in [5.41, 5.74) is 5.41. The van der Waals surface area contributed by atoms with Gasteiger partial charge in [-0.15, -0.1) is 0 Å². The topological polar surface area (TPSA) is 99.3 Å². The van der Waals surface area contributed by atoms with Crippen LogP contribution < -0.4 is 5.32 Å². The zero-order valence-electron chi connectivity index (χ0n) is 18.1. The molecule has 0 aliphatic carbocycles. The molecule has 160 valence electrons. The Morgan fingerprint density at radius 3 is 2.58 bits per heavy atom. The lowest BCUT2D eigenvalue weighted by Crippen LogP contribution is -2.30. The molecule has 0 radical (unpaired) electrons. The molecule has 2 heterocycles. The Bertz CT molecular complexity index is 1260. The van der Waals surface area contributed by atoms with E-state index in [0.29, 0.717) is 22.8 Å². The fourth-order valence-electron chi connectivity index (χ4n) is 3.94. The standard InChI is InChI=1S/C23H24N4O4/c1-12(2)31-22(28)20-15(5)24-23-25-18-9-13(3)14(4)10-19(18)26(23)21(20)16-7-6-8-17(11-16)27(29)30/h6-12,21H,1-5H3,(H,24,25). The first-order valence-corrected chi connectivity index (χ1v) is 10.1. The number of aryl methyl sites for hydroxylation is 2. The summed E-state index contributed by atoms with van der Waals surface area (Å²) < 4.78 is 7.45. The van der Waals surface area contributed by atoms with E-state index in [4.69, 9.17) is 9.72 Å². The van der Waals surface area contributed by atoms with Crippen LogP contribution in [0, 0.1) is 24.0 Å². The van der Waals surface area contributed by atoms with Crippen LogP contribution in [0.3, 0.4) is 0 Å². The van der Waals surface area contributed by atoms with E-state index in [1.165, 1.54) is 12.1 Å². The monoisotopic (exact) mass is 420 g/mol. The van der Waals surface area contributed by atoms with Gasteiger partial charge in [0.2, 0.25) is 5.95 Å². The number of ether oxygens (including phenoxy) is 1. The van der Waals surface area contributed by atoms with Gasteiger partial charge < -0.3 is 10.1 Å². The first-order valence-electron chi connectivity index (χ1n) is 10.1. The van der Waals surface area contributed by atoms with E-state index in [1.54, 1.807) is 32.9 Å². The molecule has 1 aliphatic heterocycles. The number of imidazole rings is 1. The molecule has 0 fully saturated rings. The number of benzene rings is 2. The third-order valence-corrected chi connectivity index (χ3v) is 5.50. The average Bonchev–Trinajstić information content (AvgIpc) is 3.03. The molecule has 0 amide bonds. The first-order chi connectivity index (χ1) is 14.7. The molecule has 0 spiro atoms. The highest BCUT2D eigenvalue weighted by atomic mass is 16.6. The van der Waals surface area contributed by atoms with Crippen molar-refractivity contribution >= 4 is 28.6 Å². The molecule has 2 aromatic carbocycles. The van der Waals surface area contributed by atoms with Gasteiger partial charge in [-0.05, 0) is 63.4 Å². The number of nitro groups is 1. The summed E-state index contributed by atoms with van der Waals surface area (Å²) in [7, 11) is 0. The minimum absolute atomic E-state index is 0.0386. The molecule has 1 aliphatic rings. The van der Waals surface area contributed by atoms with Crippen LogP contribution in [-0.4, -0.2) is 26.5 Å². The Morgan fingerprint density at radius 1 is 1.19 bits per heavy atom. The molecule has 8 nitrogen and oxygen atoms in total. The Balaban J connectivity index is 2.00. The predicted molar refractivity (Wildman–Crippen MR) is 118 cm³/mol. The second kappa shape index (κ2) is 7.54. The first kappa shape index (κ1) is 20.6. The quantitative estimate of drug-likeness (QED) is 0.370. The van der Waals surface area contributed by atoms with Gasteiger partial charge in [-0.1, -0.05) is 12.1 Å². The van der Waals surface area contributed by atoms with Gasteiger partial charge in [-0.3, -0.25) is 14.7 Å². The third kappa shape index (κ3) is 3.54. The summed E-state index contributed by atoms with van der Waals surface area (Å²) in [5, 5.41) is 14.6. The largest absolute Gasteiger partial charge is 0.459 e. The molecular weight excluding hydrogens is 396 g/mol. The summed E-state index contributed by atoms with van der Waals surface area (Å²) in [6, 6.07) is 9.77. The van der Waals surface area contributed by atoms with Crippen molar-refractivity contribution in [2.75, 3.05) is 5.32 Å². The van der Waals surface area contributed by atoms with Crippen molar-refractivity contribution in [2.24, 2.45) is 0 Å². The van der Waals surface area contributed by atoms with Gasteiger partial charge in [0, 0.05) is 17.8 Å². The van der Waals surface area contributed by atoms with Crippen LogP contribution >= 0.6 is 0 Å². The minimum Gasteiger partial charge on any atom is -0.459 e. The number of nitrogens with one attached hydrogen (secondary N) is 1. The van der Waals surface area contributed by atoms with Crippen molar-refractivity contribution < 1.29 is 14.5 Å². The van der Waals surface area contributed by atoms with Gasteiger partial charge in [0.15, 0.2) is 0 Å². The number of hydrogen-bond acceptors (Lipinski definition) is 6. The second-order valence-electron chi connectivity index (χ2n) is 8.10. The van der Waals surface area contributed by atoms with Crippen molar-refractivity contribution in [3.8, 4) is 0 Å². The fraction of sp³-hybridized carbons (Fsp3) is 0.304. The predicted octanol–water partition coefficient (Wildman–Crippen LogP) is 4.80. The van der Waals surface area contributed by atoms with Crippen molar-refractivity contribution in [1.29, 1.82) is 0 Å². The highest BCUT2D eigenvalue weighted by molar-refractivity contribution is 5.94. The molecule has 0 saturated carbocycles. The molecule has 0 bridgehead atoms. The number of nitrogens with zero attached hydrogens (tertiary/aromatic N) is 3. The summed E-state index contributed by atoms with van der Waals surface area (Å²) in [4.78, 5) is 28.8. The summed E-state index contributed by atoms with van der Waals surface area (Å²) in [5.74, 6) is 0.114. The molecule has 1 unspecified atom stereocenters. The lowest BCUT2D eigenvalue weighted by atomic mass is 9.94. The number of fused-ring (bicyclic) bond motifs is 3. The zero-order chi connectivity index (χ0) is 22.4. The molecule has 0 saturated heterocycles. The molecular formula is C23H24N4O4. The van der Waals surface area contributed by atoms with Gasteiger partial charge in [-0.25, -0.2) is 9.78 Å². The lowest BCUT2D eigenvalue weighted by molar-refractivity contribution is -0.384. The van der Waals surface area contributed by atoms with E-state index in [0.717, 1.165) is 22.2 Å². The van der Waals surface area contributed by atoms with E-state index >= 15 is 0 Å². The number of carbonyl (C=O) groups excluding carboxylic acids is 1. The van der Waals surface area contributed by atoms with Gasteiger partial charge >= 0.3 is 5.97 Å². The van der Waals surface area contributed by atoms with Crippen LogP contribution in [0.4, 0.5) is 11.6 Å². The number of hydrogen-bond donors (Lipinski definition) is 1. The smallest absolute Gasteiger partial charge is 0.338 e. The summed E-state index contributed by atoms with van der Waals surface area (Å²) in [6.07, 6.45) is -0.301. The Hall–Kier alpha value is -3.68. The third-order valence-electron chi connectivity index (χ3n) is 5.50. The van der Waals surface area contributed by atoms with Crippen LogP contribution in [0.2, 0.25) is 0 Å². The van der Waals surface area contributed by atoms with Crippen LogP contribution in [0.25, 0.3) is 11.0 Å². The normalized spacial score (nSPS) is 15.7. The number of non-ortho nitro benzene ring substituents is 1. The zero-order valence-corrected chi connectivity index (χ0v) is 18.1. The SMILES string of the molecule is CC1=C(C(=O)OC(C)C)C(c2cccc([N+](=O)[O-])c2)n2c(nc3cc(C)c(C)cc32)N1. The number of esters is 1. The van der Waals surface area contributed by atoms with Crippen LogP contribution in [-0.2, 0) is 9.53 Å². The highest BCUT2D eigenvalue weighted by Crippen LogP contribution is 2.40. The van der Waals surface area contributed by atoms with E-state index in [1.807, 2.05) is 30.5 Å². The molecule has 4 rings (SSSR count). The van der Waals surface area contributed by atoms with Gasteiger partial charge in [0.1, 0.15) is 0 Å². The maximum absolute atomic E-state index is 13.1. The average molecular weight is 420 g/mol. The number of aromatic nitrogens is 2. The lowest BCUT2D eigenvalue weighted by Gasteiger charge is -2.30. The van der Waals surface area contributed by atoms with Crippen LogP contribution in [0.15, 0.2) is 47.7 Å². The molecule has 8 heteroatoms. The molecule has 1 aromatic heterocycles. The highest BCUT2D eigenvalue weighted by Gasteiger charge is 2.36. The Labute approximate surface area is 179 Å². The maximum Gasteiger partial charge on any atom is 0.338 e. The van der Waals surface area contributed by atoms with E-state index in [-0.39, 0.29) is 11.8 Å². The number of nitro benzene ring substituents is 1. The van der Waals surface area contributed by atoms with Gasteiger partial charge in [0.25, 0.3) is 5.69 Å². The number of rotatable bonds is 4. The van der Waals surface area contributed by atoms with Crippen molar-refractivity contribution in [3.05, 3.63) is 74.5 Å². The molecule has 1 atom stereocenters. The second-order valence-corrected chi connectivity index (χ2v) is 8.10. The Morgan fingerprint density at radius 2 is 1.90 bits per heavy atom. The maximum atomic E-state index is 13.1. The van der Waals surface area contributed by atoms with Crippen molar-refractivity contribution in [1.82, 2.24) is 9.55 Å². The van der Waals surface area contributed by atoms with Gasteiger partial charge in [0.05, 0.1) is 33.7 Å². The van der Waals surface area contributed by atoms with Crippen molar-refractivity contribution in [3.63, 3.8) is 0 Å². The number of allylic oxidation sites excluding steroid dienone is 1. The fourth-order valence-corrected chi connectivity index (χ4v) is 3.94. The minimum atomic E-state index is -0.616. The summed E-state index contributed by atoms with van der Waals surface area (Å²) in [6.45, 7) is 9.41. The van der Waals surface area contributed by atoms with Gasteiger partial charge in [-0.2, -0.15) is 0 Å². The Kier molecular flexibility index (Phi) is 5.00. The molecule has 31 heavy (non-hydrogen) atoms. The van der Waals surface area contributed by atoms with E-state index in [9.17, 15) is 14.9 Å².